The topological polar surface area (TPSA) is 66.6 Å². The summed E-state index contributed by atoms with van der Waals surface area (Å²) in [4.78, 5) is 14.6. The number of thiophene rings is 1. The molecule has 24 heavy (non-hydrogen) atoms. The molecule has 0 amide bonds. The molecule has 0 spiro atoms. The minimum absolute atomic E-state index is 0.207. The van der Waals surface area contributed by atoms with Gasteiger partial charge < -0.3 is 5.11 Å². The van der Waals surface area contributed by atoms with Crippen LogP contribution in [0.25, 0.3) is 0 Å². The van der Waals surface area contributed by atoms with E-state index >= 15 is 0 Å². The highest BCUT2D eigenvalue weighted by Crippen LogP contribution is 2.48. The summed E-state index contributed by atoms with van der Waals surface area (Å²) in [7, 11) is 1.91. The van der Waals surface area contributed by atoms with Crippen LogP contribution in [0.3, 0.4) is 0 Å². The van der Waals surface area contributed by atoms with Gasteiger partial charge in [0.1, 0.15) is 0 Å². The molecule has 2 aliphatic carbocycles. The number of carboxylic acids is 1. The van der Waals surface area contributed by atoms with E-state index in [1.165, 1.54) is 17.7 Å². The van der Waals surface area contributed by atoms with Gasteiger partial charge in [0.25, 0.3) is 0 Å². The fourth-order valence-corrected chi connectivity index (χ4v) is 6.12. The Morgan fingerprint density at radius 2 is 2.08 bits per heavy atom. The van der Waals surface area contributed by atoms with Crippen LogP contribution in [0.2, 0.25) is 0 Å². The second kappa shape index (κ2) is 6.77. The third-order valence-corrected chi connectivity index (χ3v) is 7.21. The molecule has 3 N–H and O–H groups in total. The van der Waals surface area contributed by atoms with Gasteiger partial charge in [-0.15, -0.1) is 11.3 Å². The van der Waals surface area contributed by atoms with Crippen molar-refractivity contribution in [2.45, 2.75) is 64.7 Å². The molecule has 0 radical (unpaired) electrons. The second-order valence-corrected chi connectivity index (χ2v) is 9.62. The summed E-state index contributed by atoms with van der Waals surface area (Å²) in [5.74, 6) is 6.01. The van der Waals surface area contributed by atoms with Crippen molar-refractivity contribution in [2.75, 3.05) is 13.6 Å². The van der Waals surface area contributed by atoms with Crippen molar-refractivity contribution in [3.63, 3.8) is 0 Å². The van der Waals surface area contributed by atoms with Crippen LogP contribution >= 0.6 is 11.3 Å². The molecule has 1 fully saturated rings. The van der Waals surface area contributed by atoms with Gasteiger partial charge in [-0.2, -0.15) is 0 Å². The molecule has 1 aromatic rings. The van der Waals surface area contributed by atoms with E-state index in [4.69, 9.17) is 5.84 Å². The van der Waals surface area contributed by atoms with Gasteiger partial charge >= 0.3 is 5.97 Å². The highest BCUT2D eigenvalue weighted by molar-refractivity contribution is 7.12. The van der Waals surface area contributed by atoms with E-state index in [0.717, 1.165) is 49.1 Å². The number of carbonyl (C=O) groups is 1. The van der Waals surface area contributed by atoms with Gasteiger partial charge in [-0.1, -0.05) is 26.7 Å². The van der Waals surface area contributed by atoms with Crippen LogP contribution in [-0.4, -0.2) is 29.7 Å². The van der Waals surface area contributed by atoms with Crippen molar-refractivity contribution in [3.8, 4) is 0 Å². The Balaban J connectivity index is 2.00. The maximum absolute atomic E-state index is 12.1. The SMILES string of the molecule is CN(N)C[C@H]1CCCC[C@@H]1c1sc2c(c1C(=O)O)CC(C)(C)CC2. The molecular weight excluding hydrogens is 320 g/mol. The number of hydrogen-bond donors (Lipinski definition) is 2. The maximum Gasteiger partial charge on any atom is 0.337 e. The average Bonchev–Trinajstić information content (AvgIpc) is 2.84. The fraction of sp³-hybridized carbons (Fsp3) is 0.737. The molecule has 2 aliphatic rings. The second-order valence-electron chi connectivity index (χ2n) is 8.48. The summed E-state index contributed by atoms with van der Waals surface area (Å²) in [6.07, 6.45) is 7.76. The monoisotopic (exact) mass is 350 g/mol. The van der Waals surface area contributed by atoms with Gasteiger partial charge in [-0.3, -0.25) is 5.84 Å². The third-order valence-electron chi connectivity index (χ3n) is 5.78. The van der Waals surface area contributed by atoms with Crippen LogP contribution in [-0.2, 0) is 12.8 Å². The molecule has 2 atom stereocenters. The van der Waals surface area contributed by atoms with Crippen molar-refractivity contribution in [1.82, 2.24) is 5.01 Å². The van der Waals surface area contributed by atoms with Gasteiger partial charge in [0.2, 0.25) is 0 Å². The number of aryl methyl sites for hydroxylation is 1. The van der Waals surface area contributed by atoms with Crippen LogP contribution in [0.1, 0.15) is 77.5 Å². The molecule has 0 aromatic carbocycles. The zero-order valence-electron chi connectivity index (χ0n) is 15.1. The molecule has 0 bridgehead atoms. The van der Waals surface area contributed by atoms with E-state index in [0.29, 0.717) is 17.4 Å². The van der Waals surface area contributed by atoms with Crippen LogP contribution < -0.4 is 5.84 Å². The van der Waals surface area contributed by atoms with Crippen LogP contribution in [0.5, 0.6) is 0 Å². The number of hydrogen-bond acceptors (Lipinski definition) is 4. The number of nitrogens with zero attached hydrogens (tertiary/aromatic N) is 1. The van der Waals surface area contributed by atoms with E-state index in [1.54, 1.807) is 16.3 Å². The van der Waals surface area contributed by atoms with E-state index in [9.17, 15) is 9.90 Å². The highest BCUT2D eigenvalue weighted by Gasteiger charge is 2.37. The van der Waals surface area contributed by atoms with Crippen molar-refractivity contribution < 1.29 is 9.90 Å². The molecule has 0 saturated heterocycles. The van der Waals surface area contributed by atoms with E-state index in [-0.39, 0.29) is 5.41 Å². The van der Waals surface area contributed by atoms with Crippen LogP contribution in [0, 0.1) is 11.3 Å². The average molecular weight is 351 g/mol. The van der Waals surface area contributed by atoms with Gasteiger partial charge in [0.05, 0.1) is 5.56 Å². The highest BCUT2D eigenvalue weighted by atomic mass is 32.1. The van der Waals surface area contributed by atoms with Gasteiger partial charge in [-0.05, 0) is 54.9 Å². The van der Waals surface area contributed by atoms with Crippen molar-refractivity contribution >= 4 is 17.3 Å². The van der Waals surface area contributed by atoms with Gasteiger partial charge in [0.15, 0.2) is 0 Å². The number of fused-ring (bicyclic) bond motifs is 1. The van der Waals surface area contributed by atoms with Gasteiger partial charge in [-0.25, -0.2) is 9.80 Å². The Labute approximate surface area is 149 Å². The summed E-state index contributed by atoms with van der Waals surface area (Å²) in [6.45, 7) is 5.36. The largest absolute Gasteiger partial charge is 0.478 e. The number of carboxylic acid groups (broad SMARTS) is 1. The number of hydrazine groups is 1. The van der Waals surface area contributed by atoms with Crippen LogP contribution in [0.4, 0.5) is 0 Å². The lowest BCUT2D eigenvalue weighted by Crippen LogP contribution is -2.35. The maximum atomic E-state index is 12.1. The van der Waals surface area contributed by atoms with E-state index in [1.807, 2.05) is 7.05 Å². The quantitative estimate of drug-likeness (QED) is 0.635. The molecule has 1 heterocycles. The molecule has 1 saturated carbocycles. The summed E-state index contributed by atoms with van der Waals surface area (Å²) in [6, 6.07) is 0. The molecule has 3 rings (SSSR count). The molecule has 5 heteroatoms. The first kappa shape index (κ1) is 17.9. The standard InChI is InChI=1S/C19H30N2O2S/c1-19(2)9-8-15-14(10-19)16(18(22)23)17(24-15)13-7-5-4-6-12(13)11-21(3)20/h12-13H,4-11,20H2,1-3H3,(H,22,23)/t12-,13+/m1/s1. The number of aromatic carboxylic acids is 1. The predicted molar refractivity (Wildman–Crippen MR) is 98.6 cm³/mol. The normalized spacial score (nSPS) is 26.4. The van der Waals surface area contributed by atoms with Crippen molar-refractivity contribution in [2.24, 2.45) is 17.2 Å². The third kappa shape index (κ3) is 3.53. The molecule has 0 aliphatic heterocycles. The number of rotatable bonds is 4. The van der Waals surface area contributed by atoms with E-state index in [2.05, 4.69) is 13.8 Å². The molecule has 4 nitrogen and oxygen atoms in total. The smallest absolute Gasteiger partial charge is 0.337 e. The molecule has 134 valence electrons. The Hall–Kier alpha value is -0.910. The lowest BCUT2D eigenvalue weighted by molar-refractivity contribution is 0.0692. The van der Waals surface area contributed by atoms with Crippen molar-refractivity contribution in [3.05, 3.63) is 20.9 Å². The zero-order valence-corrected chi connectivity index (χ0v) is 15.9. The summed E-state index contributed by atoms with van der Waals surface area (Å²) < 4.78 is 0. The summed E-state index contributed by atoms with van der Waals surface area (Å²) in [5.41, 5.74) is 1.97. The first-order valence-electron chi connectivity index (χ1n) is 9.12. The van der Waals surface area contributed by atoms with Crippen LogP contribution in [0.15, 0.2) is 0 Å². The Kier molecular flexibility index (Phi) is 5.05. The first-order valence-corrected chi connectivity index (χ1v) is 9.94. The molecular formula is C19H30N2O2S. The first-order chi connectivity index (χ1) is 11.3. The zero-order chi connectivity index (χ0) is 17.5. The van der Waals surface area contributed by atoms with Crippen molar-refractivity contribution in [1.29, 1.82) is 0 Å². The lowest BCUT2D eigenvalue weighted by Gasteiger charge is -2.33. The summed E-state index contributed by atoms with van der Waals surface area (Å²) >= 11 is 1.79. The van der Waals surface area contributed by atoms with Gasteiger partial charge in [0, 0.05) is 23.3 Å². The molecule has 0 unspecified atom stereocenters. The minimum Gasteiger partial charge on any atom is -0.478 e. The fourth-order valence-electron chi connectivity index (χ4n) is 4.58. The van der Waals surface area contributed by atoms with E-state index < -0.39 is 5.97 Å². The number of nitrogens with two attached hydrogens (primary N) is 1. The Bertz CT molecular complexity index is 621. The Morgan fingerprint density at radius 1 is 1.38 bits per heavy atom. The Morgan fingerprint density at radius 3 is 2.75 bits per heavy atom. The molecule has 1 aromatic heterocycles. The summed E-state index contributed by atoms with van der Waals surface area (Å²) in [5, 5.41) is 11.7. The predicted octanol–water partition coefficient (Wildman–Crippen LogP) is 4.04. The minimum atomic E-state index is -0.731. The lowest BCUT2D eigenvalue weighted by atomic mass is 9.74.